The van der Waals surface area contributed by atoms with E-state index >= 15 is 0 Å². The Bertz CT molecular complexity index is 717. The molecule has 6 heteroatoms. The fourth-order valence-electron chi connectivity index (χ4n) is 3.43. The van der Waals surface area contributed by atoms with Gasteiger partial charge in [0.15, 0.2) is 5.96 Å². The maximum atomic E-state index is 6.09. The van der Waals surface area contributed by atoms with Crippen molar-refractivity contribution in [3.63, 3.8) is 0 Å². The van der Waals surface area contributed by atoms with Gasteiger partial charge in [0.05, 0.1) is 6.54 Å². The van der Waals surface area contributed by atoms with Gasteiger partial charge in [-0.2, -0.15) is 0 Å². The zero-order valence-electron chi connectivity index (χ0n) is 16.6. The Hall–Kier alpha value is -2.50. The van der Waals surface area contributed by atoms with Gasteiger partial charge in [-0.15, -0.1) is 0 Å². The molecule has 0 unspecified atom stereocenters. The molecule has 2 aromatic rings. The fourth-order valence-corrected chi connectivity index (χ4v) is 3.43. The first-order valence-electron chi connectivity index (χ1n) is 9.83. The van der Waals surface area contributed by atoms with Gasteiger partial charge < -0.3 is 19.5 Å². The summed E-state index contributed by atoms with van der Waals surface area (Å²) in [7, 11) is 1.84. The van der Waals surface area contributed by atoms with Crippen molar-refractivity contribution in [1.29, 1.82) is 0 Å². The molecule has 0 saturated carbocycles. The van der Waals surface area contributed by atoms with Crippen LogP contribution in [0.3, 0.4) is 0 Å². The van der Waals surface area contributed by atoms with Crippen molar-refractivity contribution >= 4 is 5.96 Å². The third-order valence-electron chi connectivity index (χ3n) is 4.77. The molecule has 3 rings (SSSR count). The first-order chi connectivity index (χ1) is 13.2. The van der Waals surface area contributed by atoms with Crippen molar-refractivity contribution in [2.75, 3.05) is 20.1 Å². The topological polar surface area (TPSA) is 54.7 Å². The summed E-state index contributed by atoms with van der Waals surface area (Å²) in [5.74, 6) is 3.54. The van der Waals surface area contributed by atoms with Crippen LogP contribution in [-0.2, 0) is 13.1 Å². The Morgan fingerprint density at radius 3 is 2.67 bits per heavy atom. The molecule has 1 aliphatic heterocycles. The number of ether oxygens (including phenoxy) is 1. The summed E-state index contributed by atoms with van der Waals surface area (Å²) in [4.78, 5) is 11.3. The highest BCUT2D eigenvalue weighted by Crippen LogP contribution is 2.18. The molecule has 1 N–H and O–H groups in total. The molecule has 1 aliphatic rings. The van der Waals surface area contributed by atoms with Gasteiger partial charge in [-0.25, -0.2) is 4.98 Å². The number of aromatic nitrogens is 2. The summed E-state index contributed by atoms with van der Waals surface area (Å²) >= 11 is 0. The molecule has 0 radical (unpaired) electrons. The maximum absolute atomic E-state index is 6.09. The minimum absolute atomic E-state index is 0.270. The van der Waals surface area contributed by atoms with Crippen molar-refractivity contribution in [2.24, 2.45) is 10.9 Å². The number of piperidine rings is 1. The van der Waals surface area contributed by atoms with E-state index in [1.165, 1.54) is 0 Å². The van der Waals surface area contributed by atoms with Gasteiger partial charge in [-0.1, -0.05) is 32.0 Å². The van der Waals surface area contributed by atoms with Crippen LogP contribution < -0.4 is 10.1 Å². The Labute approximate surface area is 162 Å². The normalized spacial score (nSPS) is 16.0. The molecular formula is C21H31N5O. The zero-order valence-corrected chi connectivity index (χ0v) is 16.6. The lowest BCUT2D eigenvalue weighted by atomic mass is 10.1. The highest BCUT2D eigenvalue weighted by molar-refractivity contribution is 5.79. The van der Waals surface area contributed by atoms with Gasteiger partial charge in [0.2, 0.25) is 0 Å². The lowest BCUT2D eigenvalue weighted by Gasteiger charge is -2.34. The Morgan fingerprint density at radius 1 is 1.26 bits per heavy atom. The number of likely N-dealkylation sites (tertiary alicyclic amines) is 1. The number of benzene rings is 1. The molecule has 0 amide bonds. The monoisotopic (exact) mass is 369 g/mol. The number of nitrogens with zero attached hydrogens (tertiary/aromatic N) is 4. The molecule has 27 heavy (non-hydrogen) atoms. The van der Waals surface area contributed by atoms with Crippen molar-refractivity contribution in [2.45, 2.75) is 45.9 Å². The lowest BCUT2D eigenvalue weighted by molar-refractivity contribution is 0.129. The second-order valence-corrected chi connectivity index (χ2v) is 7.41. The van der Waals surface area contributed by atoms with Crippen LogP contribution in [0.25, 0.3) is 0 Å². The van der Waals surface area contributed by atoms with Gasteiger partial charge in [-0.05, 0) is 18.1 Å². The quantitative estimate of drug-likeness (QED) is 0.628. The molecule has 0 aliphatic carbocycles. The van der Waals surface area contributed by atoms with Crippen LogP contribution in [0.1, 0.15) is 32.5 Å². The smallest absolute Gasteiger partial charge is 0.194 e. The van der Waals surface area contributed by atoms with Gasteiger partial charge in [0.1, 0.15) is 17.7 Å². The van der Waals surface area contributed by atoms with E-state index in [2.05, 4.69) is 38.6 Å². The third kappa shape index (κ3) is 5.49. The Morgan fingerprint density at radius 2 is 2.00 bits per heavy atom. The molecule has 2 heterocycles. The van der Waals surface area contributed by atoms with E-state index in [0.717, 1.165) is 50.0 Å². The summed E-state index contributed by atoms with van der Waals surface area (Å²) in [6.07, 6.45) is 6.18. The SMILES string of the molecule is CN=C(NCc1nccn1CC(C)C)N1CCC(Oc2ccccc2)CC1. The van der Waals surface area contributed by atoms with E-state index in [1.54, 1.807) is 0 Å². The first kappa shape index (κ1) is 19.3. The van der Waals surface area contributed by atoms with Gasteiger partial charge in [0.25, 0.3) is 0 Å². The number of imidazole rings is 1. The van der Waals surface area contributed by atoms with E-state index in [-0.39, 0.29) is 6.10 Å². The summed E-state index contributed by atoms with van der Waals surface area (Å²) in [6, 6.07) is 10.1. The second kappa shape index (κ2) is 9.44. The predicted molar refractivity (Wildman–Crippen MR) is 109 cm³/mol. The number of para-hydroxylation sites is 1. The van der Waals surface area contributed by atoms with Crippen LogP contribution in [-0.4, -0.2) is 46.7 Å². The van der Waals surface area contributed by atoms with Gasteiger partial charge >= 0.3 is 0 Å². The summed E-state index contributed by atoms with van der Waals surface area (Å²) < 4.78 is 8.30. The summed E-state index contributed by atoms with van der Waals surface area (Å²) in [6.45, 7) is 8.00. The highest BCUT2D eigenvalue weighted by Gasteiger charge is 2.22. The molecule has 0 atom stereocenters. The van der Waals surface area contributed by atoms with Crippen LogP contribution in [0.4, 0.5) is 0 Å². The van der Waals surface area contributed by atoms with Crippen LogP contribution in [0, 0.1) is 5.92 Å². The van der Waals surface area contributed by atoms with Crippen LogP contribution in [0.15, 0.2) is 47.7 Å². The minimum atomic E-state index is 0.270. The van der Waals surface area contributed by atoms with Gasteiger partial charge in [-0.3, -0.25) is 4.99 Å². The van der Waals surface area contributed by atoms with E-state index in [4.69, 9.17) is 4.74 Å². The molecule has 0 spiro atoms. The van der Waals surface area contributed by atoms with Gasteiger partial charge in [0, 0.05) is 51.9 Å². The molecule has 0 bridgehead atoms. The number of hydrogen-bond acceptors (Lipinski definition) is 3. The molecule has 1 aromatic carbocycles. The third-order valence-corrected chi connectivity index (χ3v) is 4.77. The molecule has 1 aromatic heterocycles. The average Bonchev–Trinajstić information content (AvgIpc) is 3.10. The average molecular weight is 370 g/mol. The molecular weight excluding hydrogens is 338 g/mol. The molecule has 1 saturated heterocycles. The molecule has 1 fully saturated rings. The number of guanidine groups is 1. The van der Waals surface area contributed by atoms with E-state index in [1.807, 2.05) is 49.8 Å². The van der Waals surface area contributed by atoms with Crippen LogP contribution in [0.5, 0.6) is 5.75 Å². The maximum Gasteiger partial charge on any atom is 0.194 e. The second-order valence-electron chi connectivity index (χ2n) is 7.41. The Kier molecular flexibility index (Phi) is 6.74. The number of nitrogens with one attached hydrogen (secondary N) is 1. The lowest BCUT2D eigenvalue weighted by Crippen LogP contribution is -2.47. The predicted octanol–water partition coefficient (Wildman–Crippen LogP) is 3.16. The van der Waals surface area contributed by atoms with Crippen molar-refractivity contribution in [1.82, 2.24) is 19.8 Å². The summed E-state index contributed by atoms with van der Waals surface area (Å²) in [5, 5.41) is 3.47. The number of hydrogen-bond donors (Lipinski definition) is 1. The van der Waals surface area contributed by atoms with E-state index in [9.17, 15) is 0 Å². The van der Waals surface area contributed by atoms with E-state index < -0.39 is 0 Å². The zero-order chi connectivity index (χ0) is 19.1. The number of aliphatic imine (C=N–C) groups is 1. The molecule has 146 valence electrons. The van der Waals surface area contributed by atoms with Crippen LogP contribution in [0.2, 0.25) is 0 Å². The summed E-state index contributed by atoms with van der Waals surface area (Å²) in [5.41, 5.74) is 0. The fraction of sp³-hybridized carbons (Fsp3) is 0.524. The Balaban J connectivity index is 1.49. The number of rotatable bonds is 6. The van der Waals surface area contributed by atoms with Crippen molar-refractivity contribution in [3.05, 3.63) is 48.5 Å². The van der Waals surface area contributed by atoms with E-state index in [0.29, 0.717) is 12.5 Å². The van der Waals surface area contributed by atoms with Crippen molar-refractivity contribution in [3.8, 4) is 5.75 Å². The minimum Gasteiger partial charge on any atom is -0.490 e. The van der Waals surface area contributed by atoms with Crippen molar-refractivity contribution < 1.29 is 4.74 Å². The molecule has 6 nitrogen and oxygen atoms in total. The highest BCUT2D eigenvalue weighted by atomic mass is 16.5. The van der Waals surface area contributed by atoms with Crippen LogP contribution >= 0.6 is 0 Å². The first-order valence-corrected chi connectivity index (χ1v) is 9.83. The largest absolute Gasteiger partial charge is 0.490 e. The standard InChI is InChI=1S/C21H31N5O/c1-17(2)16-26-14-11-23-20(26)15-24-21(22-3)25-12-9-19(10-13-25)27-18-7-5-4-6-8-18/h4-8,11,14,17,19H,9-10,12-13,15-16H2,1-3H3,(H,22,24).